The molecule has 0 atom stereocenters. The zero-order chi connectivity index (χ0) is 12.7. The maximum atomic E-state index is 6.32. The molecule has 4 heteroatoms. The van der Waals surface area contributed by atoms with Crippen LogP contribution in [0.4, 0.5) is 0 Å². The van der Waals surface area contributed by atoms with Gasteiger partial charge in [0.05, 0.1) is 11.6 Å². The Kier molecular flexibility index (Phi) is 3.27. The molecule has 1 N–H and O–H groups in total. The van der Waals surface area contributed by atoms with Crippen molar-refractivity contribution < 1.29 is 4.42 Å². The highest BCUT2D eigenvalue weighted by atomic mass is 35.5. The second-order valence-corrected chi connectivity index (χ2v) is 5.60. The van der Waals surface area contributed by atoms with Crippen LogP contribution in [0.5, 0.6) is 0 Å². The zero-order valence-electron chi connectivity index (χ0n) is 10.2. The first-order valence-electron chi connectivity index (χ1n) is 6.31. The molecule has 1 aromatic heterocycles. The van der Waals surface area contributed by atoms with E-state index >= 15 is 0 Å². The molecule has 0 aliphatic heterocycles. The number of halogens is 2. The molecule has 18 heavy (non-hydrogen) atoms. The average Bonchev–Trinajstić information content (AvgIpc) is 3.08. The Morgan fingerprint density at radius 2 is 2.11 bits per heavy atom. The molecular formula is C14H15Cl2NO. The molecule has 1 aromatic carbocycles. The molecule has 0 bridgehead atoms. The Morgan fingerprint density at radius 3 is 2.78 bits per heavy atom. The van der Waals surface area contributed by atoms with Crippen LogP contribution in [0.1, 0.15) is 37.0 Å². The van der Waals surface area contributed by atoms with Gasteiger partial charge in [0.1, 0.15) is 11.3 Å². The first-order chi connectivity index (χ1) is 8.70. The third-order valence-electron chi connectivity index (χ3n) is 3.34. The van der Waals surface area contributed by atoms with Crippen molar-refractivity contribution in [1.29, 1.82) is 0 Å². The van der Waals surface area contributed by atoms with Gasteiger partial charge in [-0.3, -0.25) is 0 Å². The van der Waals surface area contributed by atoms with Crippen LogP contribution >= 0.6 is 23.2 Å². The normalized spacial score (nSPS) is 15.5. The van der Waals surface area contributed by atoms with Crippen molar-refractivity contribution in [3.8, 4) is 0 Å². The van der Waals surface area contributed by atoms with Crippen molar-refractivity contribution in [2.75, 3.05) is 6.54 Å². The van der Waals surface area contributed by atoms with E-state index in [1.807, 2.05) is 6.07 Å². The fourth-order valence-electron chi connectivity index (χ4n) is 2.39. The highest BCUT2D eigenvalue weighted by molar-refractivity contribution is 6.38. The molecule has 2 nitrogen and oxygen atoms in total. The molecular weight excluding hydrogens is 269 g/mol. The summed E-state index contributed by atoms with van der Waals surface area (Å²) in [6.07, 6.45) is 2.46. The molecule has 0 radical (unpaired) electrons. The summed E-state index contributed by atoms with van der Waals surface area (Å²) in [5.41, 5.74) is 2.09. The second-order valence-electron chi connectivity index (χ2n) is 4.75. The van der Waals surface area contributed by atoms with Crippen LogP contribution in [0.2, 0.25) is 10.0 Å². The predicted molar refractivity (Wildman–Crippen MR) is 75.6 cm³/mol. The molecule has 96 valence electrons. The lowest BCUT2D eigenvalue weighted by Crippen LogP contribution is -2.12. The number of fused-ring (bicyclic) bond motifs is 1. The largest absolute Gasteiger partial charge is 0.459 e. The zero-order valence-corrected chi connectivity index (χ0v) is 11.7. The van der Waals surface area contributed by atoms with Crippen molar-refractivity contribution in [1.82, 2.24) is 5.32 Å². The van der Waals surface area contributed by atoms with Crippen molar-refractivity contribution >= 4 is 34.2 Å². The molecule has 1 aliphatic rings. The maximum Gasteiger partial charge on any atom is 0.137 e. The number of benzene rings is 1. The Balaban J connectivity index is 2.16. The molecule has 1 saturated carbocycles. The van der Waals surface area contributed by atoms with Gasteiger partial charge < -0.3 is 9.73 Å². The molecule has 0 saturated heterocycles. The van der Waals surface area contributed by atoms with E-state index in [2.05, 4.69) is 12.2 Å². The van der Waals surface area contributed by atoms with Crippen LogP contribution < -0.4 is 5.32 Å². The third-order valence-corrected chi connectivity index (χ3v) is 3.86. The minimum absolute atomic E-state index is 0.610. The fraction of sp³-hybridized carbons (Fsp3) is 0.429. The van der Waals surface area contributed by atoms with Gasteiger partial charge in [-0.15, -0.1) is 0 Å². The average molecular weight is 284 g/mol. The van der Waals surface area contributed by atoms with Crippen LogP contribution in [0.3, 0.4) is 0 Å². The molecule has 1 heterocycles. The van der Waals surface area contributed by atoms with Crippen molar-refractivity contribution in [2.24, 2.45) is 0 Å². The molecule has 3 rings (SSSR count). The highest BCUT2D eigenvalue weighted by Crippen LogP contribution is 2.48. The Morgan fingerprint density at radius 1 is 1.33 bits per heavy atom. The third kappa shape index (κ3) is 2.13. The van der Waals surface area contributed by atoms with Gasteiger partial charge in [-0.1, -0.05) is 30.1 Å². The van der Waals surface area contributed by atoms with Gasteiger partial charge >= 0.3 is 0 Å². The Labute approximate surface area is 116 Å². The van der Waals surface area contributed by atoms with E-state index in [0.29, 0.717) is 16.0 Å². The number of hydrogen-bond acceptors (Lipinski definition) is 2. The van der Waals surface area contributed by atoms with Crippen molar-refractivity contribution in [2.45, 2.75) is 32.2 Å². The standard InChI is InChI=1S/C14H15Cl2NO/c1-2-17-7-12-13(8-3-4-8)14-10(16)5-9(15)6-11(14)18-12/h5-6,8,17H,2-4,7H2,1H3. The van der Waals surface area contributed by atoms with E-state index in [4.69, 9.17) is 27.6 Å². The van der Waals surface area contributed by atoms with Crippen molar-refractivity contribution in [3.05, 3.63) is 33.5 Å². The highest BCUT2D eigenvalue weighted by Gasteiger charge is 2.31. The molecule has 0 amide bonds. The van der Waals surface area contributed by atoms with E-state index in [1.54, 1.807) is 6.07 Å². The van der Waals surface area contributed by atoms with E-state index < -0.39 is 0 Å². The van der Waals surface area contributed by atoms with E-state index in [0.717, 1.165) is 29.8 Å². The molecule has 0 spiro atoms. The van der Waals surface area contributed by atoms with Gasteiger partial charge in [-0.05, 0) is 31.4 Å². The molecule has 1 aliphatic carbocycles. The summed E-state index contributed by atoms with van der Waals surface area (Å²) in [5.74, 6) is 1.62. The van der Waals surface area contributed by atoms with E-state index in [9.17, 15) is 0 Å². The lowest BCUT2D eigenvalue weighted by Gasteiger charge is -2.02. The summed E-state index contributed by atoms with van der Waals surface area (Å²) in [4.78, 5) is 0. The van der Waals surface area contributed by atoms with Gasteiger partial charge in [0.25, 0.3) is 0 Å². The minimum atomic E-state index is 0.610. The fourth-order valence-corrected chi connectivity index (χ4v) is 2.97. The first-order valence-corrected chi connectivity index (χ1v) is 7.07. The van der Waals surface area contributed by atoms with Crippen LogP contribution in [0, 0.1) is 0 Å². The van der Waals surface area contributed by atoms with E-state index in [1.165, 1.54) is 18.4 Å². The van der Waals surface area contributed by atoms with E-state index in [-0.39, 0.29) is 0 Å². The number of hydrogen-bond donors (Lipinski definition) is 1. The molecule has 0 unspecified atom stereocenters. The summed E-state index contributed by atoms with van der Waals surface area (Å²) in [7, 11) is 0. The summed E-state index contributed by atoms with van der Waals surface area (Å²) in [6, 6.07) is 3.65. The van der Waals surface area contributed by atoms with Crippen LogP contribution in [-0.2, 0) is 6.54 Å². The van der Waals surface area contributed by atoms with Crippen molar-refractivity contribution in [3.63, 3.8) is 0 Å². The number of rotatable bonds is 4. The second kappa shape index (κ2) is 4.76. The van der Waals surface area contributed by atoms with Crippen LogP contribution in [0.25, 0.3) is 11.0 Å². The molecule has 2 aromatic rings. The van der Waals surface area contributed by atoms with Gasteiger partial charge in [-0.25, -0.2) is 0 Å². The lowest BCUT2D eigenvalue weighted by atomic mass is 10.1. The summed E-state index contributed by atoms with van der Waals surface area (Å²) < 4.78 is 5.93. The SMILES string of the molecule is CCNCc1oc2cc(Cl)cc(Cl)c2c1C1CC1. The minimum Gasteiger partial charge on any atom is -0.459 e. The maximum absolute atomic E-state index is 6.32. The quantitative estimate of drug-likeness (QED) is 0.878. The summed E-state index contributed by atoms with van der Waals surface area (Å²) >= 11 is 12.3. The van der Waals surface area contributed by atoms with Crippen LogP contribution in [-0.4, -0.2) is 6.54 Å². The summed E-state index contributed by atoms with van der Waals surface area (Å²) in [5, 5.41) is 5.69. The topological polar surface area (TPSA) is 25.2 Å². The summed E-state index contributed by atoms with van der Waals surface area (Å²) in [6.45, 7) is 3.77. The first kappa shape index (κ1) is 12.3. The number of furan rings is 1. The monoisotopic (exact) mass is 283 g/mol. The van der Waals surface area contributed by atoms with Gasteiger partial charge in [0.15, 0.2) is 0 Å². The Hall–Kier alpha value is -0.700. The Bertz CT molecular complexity index is 587. The predicted octanol–water partition coefficient (Wildman–Crippen LogP) is 4.73. The van der Waals surface area contributed by atoms with Gasteiger partial charge in [0, 0.05) is 22.0 Å². The van der Waals surface area contributed by atoms with Gasteiger partial charge in [0.2, 0.25) is 0 Å². The van der Waals surface area contributed by atoms with Crippen LogP contribution in [0.15, 0.2) is 16.5 Å². The number of nitrogens with one attached hydrogen (secondary N) is 1. The smallest absolute Gasteiger partial charge is 0.137 e. The molecule has 1 fully saturated rings. The van der Waals surface area contributed by atoms with Gasteiger partial charge in [-0.2, -0.15) is 0 Å². The lowest BCUT2D eigenvalue weighted by molar-refractivity contribution is 0.513.